The molecule has 1 fully saturated rings. The van der Waals surface area contributed by atoms with Gasteiger partial charge in [-0.2, -0.15) is 0 Å². The van der Waals surface area contributed by atoms with Gasteiger partial charge in [0.15, 0.2) is 5.11 Å². The van der Waals surface area contributed by atoms with Crippen molar-refractivity contribution in [1.82, 2.24) is 10.2 Å². The van der Waals surface area contributed by atoms with Crippen molar-refractivity contribution in [1.29, 1.82) is 0 Å². The second-order valence-corrected chi connectivity index (χ2v) is 4.54. The summed E-state index contributed by atoms with van der Waals surface area (Å²) in [5, 5.41) is 3.74. The predicted octanol–water partition coefficient (Wildman–Crippen LogP) is 1.76. The van der Waals surface area contributed by atoms with E-state index in [2.05, 4.69) is 10.2 Å². The number of rotatable bonds is 4. The highest BCUT2D eigenvalue weighted by molar-refractivity contribution is 7.80. The molecule has 2 rings (SSSR count). The average Bonchev–Trinajstić information content (AvgIpc) is 3.00. The second-order valence-electron chi connectivity index (χ2n) is 4.15. The third kappa shape index (κ3) is 3.44. The van der Waals surface area contributed by atoms with E-state index in [0.717, 1.165) is 36.9 Å². The smallest absolute Gasteiger partial charge is 0.169 e. The molecule has 1 aliphatic heterocycles. The fourth-order valence-electron chi connectivity index (χ4n) is 2.00. The molecule has 0 bridgehead atoms. The number of nitrogens with zero attached hydrogens (tertiary/aromatic N) is 1. The third-order valence-electron chi connectivity index (χ3n) is 2.88. The summed E-state index contributed by atoms with van der Waals surface area (Å²) in [4.78, 5) is 2.09. The van der Waals surface area contributed by atoms with Crippen LogP contribution in [0, 0.1) is 0 Å². The standard InChI is InChI=1S/C12H18N2O2S/c1-13-12(17)14(8-10-4-2-6-15-10)9-11-5-3-7-16-11/h2,4,6,11H,3,5,7-9H2,1H3,(H,13,17). The van der Waals surface area contributed by atoms with Crippen LogP contribution in [0.25, 0.3) is 0 Å². The first-order valence-electron chi connectivity index (χ1n) is 5.90. The van der Waals surface area contributed by atoms with Gasteiger partial charge < -0.3 is 19.4 Å². The lowest BCUT2D eigenvalue weighted by Crippen LogP contribution is -2.41. The molecule has 1 aliphatic rings. The molecule has 0 aliphatic carbocycles. The van der Waals surface area contributed by atoms with Crippen LogP contribution in [-0.4, -0.2) is 36.3 Å². The first-order chi connectivity index (χ1) is 8.29. The van der Waals surface area contributed by atoms with Crippen LogP contribution in [-0.2, 0) is 11.3 Å². The van der Waals surface area contributed by atoms with Crippen molar-refractivity contribution in [3.05, 3.63) is 24.2 Å². The van der Waals surface area contributed by atoms with Crippen molar-refractivity contribution in [2.75, 3.05) is 20.2 Å². The van der Waals surface area contributed by atoms with E-state index in [1.54, 1.807) is 6.26 Å². The molecule has 5 heteroatoms. The van der Waals surface area contributed by atoms with Crippen LogP contribution in [0.2, 0.25) is 0 Å². The number of thiocarbonyl (C=S) groups is 1. The van der Waals surface area contributed by atoms with Gasteiger partial charge in [-0.25, -0.2) is 0 Å². The van der Waals surface area contributed by atoms with Crippen molar-refractivity contribution in [3.63, 3.8) is 0 Å². The maximum absolute atomic E-state index is 5.64. The van der Waals surface area contributed by atoms with Crippen LogP contribution < -0.4 is 5.32 Å². The quantitative estimate of drug-likeness (QED) is 0.829. The van der Waals surface area contributed by atoms with E-state index < -0.39 is 0 Å². The zero-order chi connectivity index (χ0) is 12.1. The van der Waals surface area contributed by atoms with Crippen molar-refractivity contribution < 1.29 is 9.15 Å². The summed E-state index contributed by atoms with van der Waals surface area (Å²) in [6, 6.07) is 3.85. The molecule has 0 aromatic carbocycles. The predicted molar refractivity (Wildman–Crippen MR) is 69.7 cm³/mol. The van der Waals surface area contributed by atoms with E-state index in [4.69, 9.17) is 21.4 Å². The number of furan rings is 1. The van der Waals surface area contributed by atoms with Crippen molar-refractivity contribution >= 4 is 17.3 Å². The normalized spacial score (nSPS) is 19.2. The lowest BCUT2D eigenvalue weighted by molar-refractivity contribution is 0.0885. The second kappa shape index (κ2) is 6.02. The molecule has 1 aromatic heterocycles. The minimum Gasteiger partial charge on any atom is -0.467 e. The molecule has 0 spiro atoms. The molecule has 4 nitrogen and oxygen atoms in total. The molecule has 0 saturated carbocycles. The van der Waals surface area contributed by atoms with Crippen LogP contribution in [0.5, 0.6) is 0 Å². The Bertz CT molecular complexity index is 347. The molecular weight excluding hydrogens is 236 g/mol. The molecule has 17 heavy (non-hydrogen) atoms. The van der Waals surface area contributed by atoms with E-state index in [1.807, 2.05) is 19.2 Å². The van der Waals surface area contributed by atoms with Crippen molar-refractivity contribution in [3.8, 4) is 0 Å². The number of hydrogen-bond acceptors (Lipinski definition) is 3. The van der Waals surface area contributed by atoms with Gasteiger partial charge in [-0.05, 0) is 37.2 Å². The summed E-state index contributed by atoms with van der Waals surface area (Å²) in [5.41, 5.74) is 0. The minimum atomic E-state index is 0.288. The Kier molecular flexibility index (Phi) is 4.39. The molecule has 1 unspecified atom stereocenters. The van der Waals surface area contributed by atoms with Crippen LogP contribution in [0.3, 0.4) is 0 Å². The minimum absolute atomic E-state index is 0.288. The largest absolute Gasteiger partial charge is 0.467 e. The van der Waals surface area contributed by atoms with Crippen LogP contribution >= 0.6 is 12.2 Å². The van der Waals surface area contributed by atoms with E-state index >= 15 is 0 Å². The first kappa shape index (κ1) is 12.4. The topological polar surface area (TPSA) is 37.6 Å². The van der Waals surface area contributed by atoms with Gasteiger partial charge in [-0.3, -0.25) is 0 Å². The molecule has 1 atom stereocenters. The monoisotopic (exact) mass is 254 g/mol. The maximum Gasteiger partial charge on any atom is 0.169 e. The van der Waals surface area contributed by atoms with Crippen LogP contribution in [0.15, 0.2) is 22.8 Å². The summed E-state index contributed by atoms with van der Waals surface area (Å²) in [6.07, 6.45) is 4.23. The zero-order valence-corrected chi connectivity index (χ0v) is 10.8. The van der Waals surface area contributed by atoms with Crippen LogP contribution in [0.1, 0.15) is 18.6 Å². The molecule has 2 heterocycles. The van der Waals surface area contributed by atoms with Gasteiger partial charge in [0.1, 0.15) is 5.76 Å². The number of hydrogen-bond donors (Lipinski definition) is 1. The zero-order valence-electron chi connectivity index (χ0n) is 10.0. The number of nitrogens with one attached hydrogen (secondary N) is 1. The summed E-state index contributed by atoms with van der Waals surface area (Å²) in [6.45, 7) is 2.37. The molecule has 1 aromatic rings. The van der Waals surface area contributed by atoms with Crippen LogP contribution in [0.4, 0.5) is 0 Å². The van der Waals surface area contributed by atoms with Gasteiger partial charge in [0.2, 0.25) is 0 Å². The van der Waals surface area contributed by atoms with Gasteiger partial charge in [0.05, 0.1) is 18.9 Å². The Morgan fingerprint density at radius 2 is 2.53 bits per heavy atom. The summed E-state index contributed by atoms with van der Waals surface area (Å²) in [5.74, 6) is 0.917. The molecule has 0 amide bonds. The molecular formula is C12H18N2O2S. The summed E-state index contributed by atoms with van der Waals surface area (Å²) >= 11 is 5.30. The highest BCUT2D eigenvalue weighted by Crippen LogP contribution is 2.15. The lowest BCUT2D eigenvalue weighted by Gasteiger charge is -2.26. The third-order valence-corrected chi connectivity index (χ3v) is 3.34. The van der Waals surface area contributed by atoms with E-state index in [1.165, 1.54) is 0 Å². The Morgan fingerprint density at radius 1 is 1.65 bits per heavy atom. The summed E-state index contributed by atoms with van der Waals surface area (Å²) in [7, 11) is 1.84. The van der Waals surface area contributed by atoms with E-state index in [9.17, 15) is 0 Å². The number of ether oxygens (including phenoxy) is 1. The molecule has 1 saturated heterocycles. The van der Waals surface area contributed by atoms with Crippen molar-refractivity contribution in [2.45, 2.75) is 25.5 Å². The van der Waals surface area contributed by atoms with Gasteiger partial charge in [0, 0.05) is 20.2 Å². The van der Waals surface area contributed by atoms with Gasteiger partial charge in [-0.1, -0.05) is 0 Å². The summed E-state index contributed by atoms with van der Waals surface area (Å²) < 4.78 is 11.0. The molecule has 0 radical (unpaired) electrons. The Balaban J connectivity index is 1.94. The maximum atomic E-state index is 5.64. The van der Waals surface area contributed by atoms with Gasteiger partial charge in [0.25, 0.3) is 0 Å². The highest BCUT2D eigenvalue weighted by Gasteiger charge is 2.21. The first-order valence-corrected chi connectivity index (χ1v) is 6.31. The van der Waals surface area contributed by atoms with Gasteiger partial charge >= 0.3 is 0 Å². The van der Waals surface area contributed by atoms with Gasteiger partial charge in [-0.15, -0.1) is 0 Å². The SMILES string of the molecule is CNC(=S)N(Cc1ccco1)CC1CCCO1. The van der Waals surface area contributed by atoms with E-state index in [0.29, 0.717) is 6.54 Å². The van der Waals surface area contributed by atoms with E-state index in [-0.39, 0.29) is 6.10 Å². The average molecular weight is 254 g/mol. The molecule has 94 valence electrons. The lowest BCUT2D eigenvalue weighted by atomic mass is 10.2. The van der Waals surface area contributed by atoms with Crippen molar-refractivity contribution in [2.24, 2.45) is 0 Å². The fraction of sp³-hybridized carbons (Fsp3) is 0.583. The Morgan fingerprint density at radius 3 is 3.12 bits per heavy atom. The fourth-order valence-corrected chi connectivity index (χ4v) is 2.14. The highest BCUT2D eigenvalue weighted by atomic mass is 32.1. The molecule has 1 N–H and O–H groups in total. The Labute approximate surface area is 107 Å². The Hall–Kier alpha value is -1.07.